The molecule has 1 atom stereocenters. The number of nitrogens with zero attached hydrogens (tertiary/aromatic N) is 1. The number of hydrogen-bond donors (Lipinski definition) is 0. The van der Waals surface area contributed by atoms with Crippen LogP contribution in [0.5, 0.6) is 5.75 Å². The van der Waals surface area contributed by atoms with Crippen molar-refractivity contribution < 1.29 is 19.1 Å². The number of hydrogen-bond acceptors (Lipinski definition) is 4. The van der Waals surface area contributed by atoms with E-state index in [1.807, 2.05) is 45.9 Å². The SMILES string of the molecule is COc1ccc2c(c1)N(C(=O)OC(C)(C)C)C(C)(CC=O)C2. The summed E-state index contributed by atoms with van der Waals surface area (Å²) in [6.45, 7) is 7.37. The van der Waals surface area contributed by atoms with Gasteiger partial charge in [-0.05, 0) is 45.7 Å². The van der Waals surface area contributed by atoms with Crippen LogP contribution in [0.25, 0.3) is 0 Å². The monoisotopic (exact) mass is 305 g/mol. The van der Waals surface area contributed by atoms with Gasteiger partial charge in [-0.1, -0.05) is 6.07 Å². The summed E-state index contributed by atoms with van der Waals surface area (Å²) in [5.41, 5.74) is 0.550. The van der Waals surface area contributed by atoms with E-state index in [0.717, 1.165) is 17.5 Å². The molecule has 0 saturated heterocycles. The van der Waals surface area contributed by atoms with Crippen LogP contribution in [-0.2, 0) is 16.0 Å². The lowest BCUT2D eigenvalue weighted by Gasteiger charge is -2.35. The van der Waals surface area contributed by atoms with Crippen LogP contribution in [0.2, 0.25) is 0 Å². The van der Waals surface area contributed by atoms with Crippen molar-refractivity contribution in [2.24, 2.45) is 0 Å². The second-order valence-electron chi connectivity index (χ2n) is 6.85. The summed E-state index contributed by atoms with van der Waals surface area (Å²) in [5.74, 6) is 0.669. The van der Waals surface area contributed by atoms with E-state index < -0.39 is 17.2 Å². The number of aldehydes is 1. The molecule has 0 aromatic heterocycles. The molecule has 1 aliphatic heterocycles. The number of methoxy groups -OCH3 is 1. The maximum absolute atomic E-state index is 12.7. The van der Waals surface area contributed by atoms with Gasteiger partial charge in [0.15, 0.2) is 0 Å². The lowest BCUT2D eigenvalue weighted by Crippen LogP contribution is -2.50. The van der Waals surface area contributed by atoms with Crippen molar-refractivity contribution in [3.05, 3.63) is 23.8 Å². The standard InChI is InChI=1S/C17H23NO4/c1-16(2,3)22-15(20)18-14-10-13(21-5)7-6-12(14)11-17(18,4)8-9-19/h6-7,9-10H,8,11H2,1-5H3. The summed E-state index contributed by atoms with van der Waals surface area (Å²) in [4.78, 5) is 25.3. The fourth-order valence-corrected chi connectivity index (χ4v) is 2.78. The first-order valence-corrected chi connectivity index (χ1v) is 7.34. The quantitative estimate of drug-likeness (QED) is 0.804. The minimum Gasteiger partial charge on any atom is -0.497 e. The van der Waals surface area contributed by atoms with Gasteiger partial charge in [-0.25, -0.2) is 4.79 Å². The fourth-order valence-electron chi connectivity index (χ4n) is 2.78. The number of ether oxygens (including phenoxy) is 2. The summed E-state index contributed by atoms with van der Waals surface area (Å²) < 4.78 is 10.8. The first-order chi connectivity index (χ1) is 10.2. The molecule has 0 bridgehead atoms. The Hall–Kier alpha value is -2.04. The Morgan fingerprint density at radius 3 is 2.64 bits per heavy atom. The molecule has 0 fully saturated rings. The van der Waals surface area contributed by atoms with Crippen LogP contribution in [0.1, 0.15) is 39.7 Å². The Bertz CT molecular complexity index is 591. The molecule has 22 heavy (non-hydrogen) atoms. The third-order valence-corrected chi connectivity index (χ3v) is 3.74. The predicted octanol–water partition coefficient (Wildman–Crippen LogP) is 3.34. The molecule has 0 aliphatic carbocycles. The highest BCUT2D eigenvalue weighted by molar-refractivity contribution is 5.93. The molecule has 1 amide bonds. The third kappa shape index (κ3) is 3.08. The second kappa shape index (κ2) is 5.63. The van der Waals surface area contributed by atoms with Crippen molar-refractivity contribution in [2.45, 2.75) is 51.7 Å². The summed E-state index contributed by atoms with van der Waals surface area (Å²) in [5, 5.41) is 0. The molecule has 1 aliphatic rings. The lowest BCUT2D eigenvalue weighted by molar-refractivity contribution is -0.108. The fraction of sp³-hybridized carbons (Fsp3) is 0.529. The van der Waals surface area contributed by atoms with E-state index in [-0.39, 0.29) is 6.42 Å². The highest BCUT2D eigenvalue weighted by Crippen LogP contribution is 2.42. The van der Waals surface area contributed by atoms with Crippen molar-refractivity contribution in [1.82, 2.24) is 0 Å². The van der Waals surface area contributed by atoms with E-state index in [2.05, 4.69) is 0 Å². The van der Waals surface area contributed by atoms with Gasteiger partial charge in [-0.3, -0.25) is 4.90 Å². The van der Waals surface area contributed by atoms with Crippen LogP contribution in [0.15, 0.2) is 18.2 Å². The number of amides is 1. The molecule has 5 nitrogen and oxygen atoms in total. The average molecular weight is 305 g/mol. The van der Waals surface area contributed by atoms with Crippen molar-refractivity contribution in [1.29, 1.82) is 0 Å². The smallest absolute Gasteiger partial charge is 0.415 e. The molecule has 120 valence electrons. The van der Waals surface area contributed by atoms with E-state index in [0.29, 0.717) is 12.2 Å². The van der Waals surface area contributed by atoms with Gasteiger partial charge in [0, 0.05) is 12.5 Å². The highest BCUT2D eigenvalue weighted by atomic mass is 16.6. The number of carbonyl (C=O) groups is 2. The number of fused-ring (bicyclic) bond motifs is 1. The van der Waals surface area contributed by atoms with Gasteiger partial charge >= 0.3 is 6.09 Å². The van der Waals surface area contributed by atoms with E-state index in [4.69, 9.17) is 9.47 Å². The maximum atomic E-state index is 12.7. The molecule has 0 saturated carbocycles. The molecule has 2 rings (SSSR count). The van der Waals surface area contributed by atoms with Crippen molar-refractivity contribution >= 4 is 18.1 Å². The lowest BCUT2D eigenvalue weighted by atomic mass is 9.93. The molecule has 1 aromatic rings. The van der Waals surface area contributed by atoms with Crippen LogP contribution in [0, 0.1) is 0 Å². The summed E-state index contributed by atoms with van der Waals surface area (Å²) in [7, 11) is 1.58. The van der Waals surface area contributed by atoms with Crippen LogP contribution < -0.4 is 9.64 Å². The summed E-state index contributed by atoms with van der Waals surface area (Å²) in [6.07, 6.45) is 1.28. The molecular weight excluding hydrogens is 282 g/mol. The minimum atomic E-state index is -0.612. The number of rotatable bonds is 3. The Labute approximate surface area is 131 Å². The Morgan fingerprint density at radius 2 is 2.09 bits per heavy atom. The number of carbonyl (C=O) groups excluding carboxylic acids is 2. The van der Waals surface area contributed by atoms with Gasteiger partial charge in [0.05, 0.1) is 18.3 Å². The highest BCUT2D eigenvalue weighted by Gasteiger charge is 2.45. The third-order valence-electron chi connectivity index (χ3n) is 3.74. The first kappa shape index (κ1) is 16.3. The molecule has 0 spiro atoms. The summed E-state index contributed by atoms with van der Waals surface area (Å²) in [6, 6.07) is 5.61. The largest absolute Gasteiger partial charge is 0.497 e. The van der Waals surface area contributed by atoms with Crippen LogP contribution in [0.3, 0.4) is 0 Å². The normalized spacial score (nSPS) is 20.5. The Balaban J connectivity index is 2.45. The Morgan fingerprint density at radius 1 is 1.41 bits per heavy atom. The van der Waals surface area contributed by atoms with Crippen LogP contribution in [-0.4, -0.2) is 30.6 Å². The molecule has 5 heteroatoms. The van der Waals surface area contributed by atoms with E-state index in [1.165, 1.54) is 0 Å². The van der Waals surface area contributed by atoms with Crippen molar-refractivity contribution in [3.63, 3.8) is 0 Å². The molecule has 1 unspecified atom stereocenters. The zero-order valence-corrected chi connectivity index (χ0v) is 13.8. The van der Waals surface area contributed by atoms with Crippen LogP contribution >= 0.6 is 0 Å². The van der Waals surface area contributed by atoms with Crippen molar-refractivity contribution in [2.75, 3.05) is 12.0 Å². The van der Waals surface area contributed by atoms with E-state index >= 15 is 0 Å². The molecular formula is C17H23NO4. The predicted molar refractivity (Wildman–Crippen MR) is 84.5 cm³/mol. The van der Waals surface area contributed by atoms with Gasteiger partial charge in [0.1, 0.15) is 17.6 Å². The van der Waals surface area contributed by atoms with E-state index in [1.54, 1.807) is 12.0 Å². The van der Waals surface area contributed by atoms with Crippen LogP contribution in [0.4, 0.5) is 10.5 Å². The first-order valence-electron chi connectivity index (χ1n) is 7.34. The number of anilines is 1. The molecule has 0 N–H and O–H groups in total. The zero-order chi connectivity index (χ0) is 16.5. The molecule has 0 radical (unpaired) electrons. The second-order valence-corrected chi connectivity index (χ2v) is 6.85. The average Bonchev–Trinajstić information content (AvgIpc) is 2.67. The molecule has 1 aromatic carbocycles. The Kier molecular flexibility index (Phi) is 4.18. The summed E-state index contributed by atoms with van der Waals surface area (Å²) >= 11 is 0. The minimum absolute atomic E-state index is 0.253. The molecule has 1 heterocycles. The van der Waals surface area contributed by atoms with Gasteiger partial charge in [-0.2, -0.15) is 0 Å². The van der Waals surface area contributed by atoms with Crippen molar-refractivity contribution in [3.8, 4) is 5.75 Å². The van der Waals surface area contributed by atoms with Gasteiger partial charge in [0.2, 0.25) is 0 Å². The van der Waals surface area contributed by atoms with Gasteiger partial charge in [-0.15, -0.1) is 0 Å². The topological polar surface area (TPSA) is 55.8 Å². The zero-order valence-electron chi connectivity index (χ0n) is 13.8. The van der Waals surface area contributed by atoms with Gasteiger partial charge in [0.25, 0.3) is 0 Å². The van der Waals surface area contributed by atoms with E-state index in [9.17, 15) is 9.59 Å². The maximum Gasteiger partial charge on any atom is 0.415 e. The number of benzene rings is 1. The van der Waals surface area contributed by atoms with Gasteiger partial charge < -0.3 is 14.3 Å².